The van der Waals surface area contributed by atoms with Gasteiger partial charge in [0, 0.05) is 11.9 Å². The van der Waals surface area contributed by atoms with Crippen LogP contribution in [0, 0.1) is 13.8 Å². The molecule has 0 atom stereocenters. The van der Waals surface area contributed by atoms with E-state index in [1.165, 1.54) is 4.57 Å². The largest absolute Gasteiger partial charge is 0.366 e. The van der Waals surface area contributed by atoms with E-state index in [-0.39, 0.29) is 0 Å². The molecular weight excluding hydrogens is 156 g/mol. The van der Waals surface area contributed by atoms with Gasteiger partial charge < -0.3 is 5.73 Å². The zero-order chi connectivity index (χ0) is 9.30. The Bertz CT molecular complexity index is 339. The molecule has 0 saturated heterocycles. The molecule has 64 valence electrons. The maximum Gasteiger partial charge on any atom is 0.250 e. The highest BCUT2D eigenvalue weighted by Gasteiger charge is 2.13. The average molecular weight is 166 g/mol. The Kier molecular flexibility index (Phi) is 1.99. The topological polar surface area (TPSA) is 65.1 Å². The molecule has 1 rings (SSSR count). The van der Waals surface area contributed by atoms with Crippen molar-refractivity contribution in [3.8, 4) is 0 Å². The molecule has 12 heavy (non-hydrogen) atoms. The molecule has 1 amide bonds. The Morgan fingerprint density at radius 1 is 1.58 bits per heavy atom. The van der Waals surface area contributed by atoms with Crippen LogP contribution in [-0.2, 0) is 4.79 Å². The monoisotopic (exact) mass is 166 g/mol. The van der Waals surface area contributed by atoms with Gasteiger partial charge in [-0.05, 0) is 19.4 Å². The summed E-state index contributed by atoms with van der Waals surface area (Å²) < 4.78 is 1.34. The Morgan fingerprint density at radius 2 is 2.17 bits per heavy atom. The molecule has 1 heterocycles. The van der Waals surface area contributed by atoms with Crippen LogP contribution >= 0.6 is 0 Å². The van der Waals surface area contributed by atoms with Crippen LogP contribution in [0.1, 0.15) is 21.6 Å². The normalized spacial score (nSPS) is 9.83. The highest BCUT2D eigenvalue weighted by Crippen LogP contribution is 2.13. The maximum atomic E-state index is 10.9. The van der Waals surface area contributed by atoms with E-state index in [1.54, 1.807) is 20.0 Å². The number of aryl methyl sites for hydroxylation is 1. The van der Waals surface area contributed by atoms with Gasteiger partial charge in [-0.25, -0.2) is 0 Å². The van der Waals surface area contributed by atoms with Crippen molar-refractivity contribution in [1.29, 1.82) is 0 Å². The third-order valence-electron chi connectivity index (χ3n) is 1.84. The maximum absolute atomic E-state index is 10.9. The number of rotatable bonds is 2. The summed E-state index contributed by atoms with van der Waals surface area (Å²) in [6.45, 7) is 3.43. The Balaban J connectivity index is 3.37. The first-order valence-electron chi connectivity index (χ1n) is 3.51. The summed E-state index contributed by atoms with van der Waals surface area (Å²) in [4.78, 5) is 21.3. The van der Waals surface area contributed by atoms with E-state index in [0.717, 1.165) is 5.56 Å². The van der Waals surface area contributed by atoms with Crippen LogP contribution in [0.2, 0.25) is 0 Å². The third-order valence-corrected chi connectivity index (χ3v) is 1.84. The fourth-order valence-corrected chi connectivity index (χ4v) is 1.27. The van der Waals surface area contributed by atoms with Crippen LogP contribution in [-0.4, -0.2) is 16.9 Å². The second-order valence-corrected chi connectivity index (χ2v) is 2.65. The van der Waals surface area contributed by atoms with Gasteiger partial charge in [0.1, 0.15) is 0 Å². The lowest BCUT2D eigenvalue weighted by Crippen LogP contribution is -2.13. The molecule has 0 radical (unpaired) electrons. The lowest BCUT2D eigenvalue weighted by atomic mass is 10.1. The average Bonchev–Trinajstić information content (AvgIpc) is 2.25. The number of amides is 1. The van der Waals surface area contributed by atoms with E-state index < -0.39 is 5.91 Å². The first kappa shape index (κ1) is 8.52. The van der Waals surface area contributed by atoms with E-state index in [9.17, 15) is 9.59 Å². The summed E-state index contributed by atoms with van der Waals surface area (Å²) >= 11 is 0. The Labute approximate surface area is 70.0 Å². The molecule has 0 spiro atoms. The minimum atomic E-state index is -0.495. The number of nitrogens with two attached hydrogens (primary N) is 1. The molecule has 1 aromatic rings. The first-order valence-corrected chi connectivity index (χ1v) is 3.51. The van der Waals surface area contributed by atoms with Gasteiger partial charge in [0.15, 0.2) is 0 Å². The lowest BCUT2D eigenvalue weighted by Gasteiger charge is -1.95. The molecule has 0 fully saturated rings. The minimum Gasteiger partial charge on any atom is -0.366 e. The van der Waals surface area contributed by atoms with Gasteiger partial charge in [-0.3, -0.25) is 14.2 Å². The summed E-state index contributed by atoms with van der Waals surface area (Å²) in [5.41, 5.74) is 6.87. The highest BCUT2D eigenvalue weighted by molar-refractivity contribution is 5.96. The van der Waals surface area contributed by atoms with E-state index >= 15 is 0 Å². The van der Waals surface area contributed by atoms with Crippen LogP contribution in [0.25, 0.3) is 0 Å². The van der Waals surface area contributed by atoms with E-state index in [2.05, 4.69) is 0 Å². The lowest BCUT2D eigenvalue weighted by molar-refractivity contribution is 0.0999. The van der Waals surface area contributed by atoms with Crippen molar-refractivity contribution in [1.82, 2.24) is 4.57 Å². The van der Waals surface area contributed by atoms with Gasteiger partial charge >= 0.3 is 0 Å². The van der Waals surface area contributed by atoms with Crippen molar-refractivity contribution in [2.24, 2.45) is 5.73 Å². The molecule has 0 aliphatic carbocycles. The number of primary amides is 1. The van der Waals surface area contributed by atoms with Crippen LogP contribution in [0.3, 0.4) is 0 Å². The second-order valence-electron chi connectivity index (χ2n) is 2.65. The molecule has 0 saturated carbocycles. The zero-order valence-corrected chi connectivity index (χ0v) is 7.00. The third kappa shape index (κ3) is 1.11. The quantitative estimate of drug-likeness (QED) is 0.639. The molecule has 0 aromatic carbocycles. The van der Waals surface area contributed by atoms with Crippen molar-refractivity contribution in [2.75, 3.05) is 0 Å². The minimum absolute atomic E-state index is 0.433. The van der Waals surface area contributed by atoms with Crippen LogP contribution in [0.4, 0.5) is 0 Å². The van der Waals surface area contributed by atoms with E-state index in [4.69, 9.17) is 5.73 Å². The van der Waals surface area contributed by atoms with Gasteiger partial charge in [-0.15, -0.1) is 0 Å². The fourth-order valence-electron chi connectivity index (χ4n) is 1.27. The number of hydrogen-bond donors (Lipinski definition) is 1. The Morgan fingerprint density at radius 3 is 2.42 bits per heavy atom. The molecular formula is C8H10N2O2. The second kappa shape index (κ2) is 2.81. The number of nitrogens with zero attached hydrogens (tertiary/aromatic N) is 1. The van der Waals surface area contributed by atoms with Crippen molar-refractivity contribution >= 4 is 12.3 Å². The Hall–Kier alpha value is -1.58. The van der Waals surface area contributed by atoms with Gasteiger partial charge in [0.05, 0.1) is 5.56 Å². The number of carbonyl (C=O) groups excluding carboxylic acids is 2. The van der Waals surface area contributed by atoms with E-state index in [0.29, 0.717) is 17.7 Å². The smallest absolute Gasteiger partial charge is 0.250 e. The molecule has 4 nitrogen and oxygen atoms in total. The van der Waals surface area contributed by atoms with Crippen molar-refractivity contribution < 1.29 is 9.59 Å². The summed E-state index contributed by atoms with van der Waals surface area (Å²) in [7, 11) is 0. The zero-order valence-electron chi connectivity index (χ0n) is 7.00. The van der Waals surface area contributed by atoms with Gasteiger partial charge in [-0.2, -0.15) is 0 Å². The molecule has 0 aliphatic rings. The summed E-state index contributed by atoms with van der Waals surface area (Å²) in [6, 6.07) is 0. The van der Waals surface area contributed by atoms with Crippen LogP contribution < -0.4 is 5.73 Å². The number of carbonyl (C=O) groups is 2. The fraction of sp³-hybridized carbons (Fsp3) is 0.250. The first-order chi connectivity index (χ1) is 5.57. The summed E-state index contributed by atoms with van der Waals surface area (Å²) in [6.07, 6.45) is 2.23. The van der Waals surface area contributed by atoms with Gasteiger partial charge in [-0.1, -0.05) is 0 Å². The van der Waals surface area contributed by atoms with Crippen molar-refractivity contribution in [2.45, 2.75) is 13.8 Å². The van der Waals surface area contributed by atoms with Crippen LogP contribution in [0.15, 0.2) is 6.20 Å². The highest BCUT2D eigenvalue weighted by atomic mass is 16.1. The van der Waals surface area contributed by atoms with Crippen LogP contribution in [0.5, 0.6) is 0 Å². The molecule has 0 aliphatic heterocycles. The predicted octanol–water partition coefficient (Wildman–Crippen LogP) is 0.242. The van der Waals surface area contributed by atoms with Gasteiger partial charge in [0.25, 0.3) is 5.91 Å². The SMILES string of the molecule is Cc1cn(C=O)c(C)c1C(N)=O. The molecule has 0 bridgehead atoms. The van der Waals surface area contributed by atoms with Gasteiger partial charge in [0.2, 0.25) is 6.41 Å². The standard InChI is InChI=1S/C8H10N2O2/c1-5-3-10(4-11)6(2)7(5)8(9)12/h3-4H,1-2H3,(H2,9,12). The number of hydrogen-bond acceptors (Lipinski definition) is 2. The predicted molar refractivity (Wildman–Crippen MR) is 44.6 cm³/mol. The van der Waals surface area contributed by atoms with Crippen molar-refractivity contribution in [3.63, 3.8) is 0 Å². The summed E-state index contributed by atoms with van der Waals surface area (Å²) in [5, 5.41) is 0. The van der Waals surface area contributed by atoms with Crippen molar-refractivity contribution in [3.05, 3.63) is 23.0 Å². The van der Waals surface area contributed by atoms with E-state index in [1.807, 2.05) is 0 Å². The number of aromatic nitrogens is 1. The molecule has 2 N–H and O–H groups in total. The molecule has 1 aromatic heterocycles. The summed E-state index contributed by atoms with van der Waals surface area (Å²) in [5.74, 6) is -0.495. The molecule has 0 unspecified atom stereocenters. The molecule has 4 heteroatoms.